The van der Waals surface area contributed by atoms with E-state index in [4.69, 9.17) is 18.9 Å². The summed E-state index contributed by atoms with van der Waals surface area (Å²) in [7, 11) is 6.34. The number of H-pyrrole nitrogens is 1. The Balaban J connectivity index is 1.28. The number of nitrogens with one attached hydrogen (secondary N) is 1. The number of aromatic nitrogens is 1. The van der Waals surface area contributed by atoms with Gasteiger partial charge in [0.1, 0.15) is 11.2 Å². The Labute approximate surface area is 352 Å². The lowest BCUT2D eigenvalue weighted by molar-refractivity contribution is -0.228. The monoisotopic (exact) mass is 820 g/mol. The van der Waals surface area contributed by atoms with Crippen LogP contribution >= 0.6 is 0 Å². The molecule has 320 valence electrons. The molecule has 4 unspecified atom stereocenters. The molecule has 1 spiro atoms. The largest absolute Gasteiger partial charge is 0.496 e. The minimum absolute atomic E-state index is 0.217. The van der Waals surface area contributed by atoms with Gasteiger partial charge in [-0.05, 0) is 86.1 Å². The number of hydrogen-bond donors (Lipinski definition) is 2. The summed E-state index contributed by atoms with van der Waals surface area (Å²) in [5.41, 5.74) is 0.0512. The van der Waals surface area contributed by atoms with Crippen molar-refractivity contribution in [2.75, 3.05) is 66.0 Å². The maximum atomic E-state index is 15.5. The zero-order chi connectivity index (χ0) is 41.9. The van der Waals surface area contributed by atoms with E-state index < -0.39 is 45.9 Å². The molecule has 1 aromatic heterocycles. The van der Waals surface area contributed by atoms with Crippen LogP contribution in [0.4, 0.5) is 5.69 Å². The number of fused-ring (bicyclic) bond motifs is 8. The summed E-state index contributed by atoms with van der Waals surface area (Å²) < 4.78 is 24.2. The van der Waals surface area contributed by atoms with Gasteiger partial charge in [0.05, 0.1) is 27.4 Å². The Morgan fingerprint density at radius 1 is 0.950 bits per heavy atom. The number of rotatable bonds is 6. The van der Waals surface area contributed by atoms with Crippen molar-refractivity contribution in [3.63, 3.8) is 0 Å². The van der Waals surface area contributed by atoms with E-state index in [2.05, 4.69) is 51.2 Å². The molecule has 10 rings (SSSR count). The Bertz CT molecular complexity index is 2290. The van der Waals surface area contributed by atoms with Crippen LogP contribution in [-0.4, -0.2) is 123 Å². The van der Waals surface area contributed by atoms with Crippen LogP contribution in [0, 0.1) is 23.2 Å². The molecule has 0 amide bonds. The molecule has 2 saturated carbocycles. The van der Waals surface area contributed by atoms with E-state index in [1.165, 1.54) is 40.4 Å². The minimum Gasteiger partial charge on any atom is -0.496 e. The number of hydrogen-bond acceptors (Lipinski definition) is 11. The fourth-order valence-corrected chi connectivity index (χ4v) is 14.7. The number of nitrogens with zero attached hydrogens (tertiary/aromatic N) is 3. The van der Waals surface area contributed by atoms with Gasteiger partial charge in [0.15, 0.2) is 6.10 Å². The zero-order valence-electron chi connectivity index (χ0n) is 35.9. The third-order valence-corrected chi connectivity index (χ3v) is 16.8. The van der Waals surface area contributed by atoms with Crippen LogP contribution in [-0.2, 0) is 45.8 Å². The van der Waals surface area contributed by atoms with Crippen molar-refractivity contribution < 1.29 is 38.4 Å². The molecule has 0 radical (unpaired) electrons. The fraction of sp³-hybridized carbons (Fsp3) is 0.604. The minimum atomic E-state index is -2.27. The summed E-state index contributed by atoms with van der Waals surface area (Å²) >= 11 is 0. The number of ether oxygens (including phenoxy) is 4. The molecule has 5 aliphatic heterocycles. The third-order valence-electron chi connectivity index (χ3n) is 16.8. The van der Waals surface area contributed by atoms with Crippen LogP contribution in [0.15, 0.2) is 48.6 Å². The van der Waals surface area contributed by atoms with Gasteiger partial charge in [-0.25, -0.2) is 4.79 Å². The summed E-state index contributed by atoms with van der Waals surface area (Å²) in [6.45, 7) is 7.65. The first-order valence-corrected chi connectivity index (χ1v) is 22.2. The Morgan fingerprint density at radius 2 is 1.72 bits per heavy atom. The number of piperidine rings is 1. The van der Waals surface area contributed by atoms with Crippen molar-refractivity contribution in [2.45, 2.75) is 99.8 Å². The third kappa shape index (κ3) is 5.04. The topological polar surface area (TPSA) is 134 Å². The van der Waals surface area contributed by atoms with Crippen molar-refractivity contribution in [3.8, 4) is 5.75 Å². The summed E-state index contributed by atoms with van der Waals surface area (Å²) in [5.74, 6) is 0.0532. The number of likely N-dealkylation sites (N-methyl/N-ethyl adjacent to an activating group) is 1. The van der Waals surface area contributed by atoms with E-state index in [0.29, 0.717) is 49.9 Å². The van der Waals surface area contributed by atoms with Gasteiger partial charge in [0.2, 0.25) is 5.60 Å². The van der Waals surface area contributed by atoms with Crippen LogP contribution in [0.5, 0.6) is 5.75 Å². The van der Waals surface area contributed by atoms with Gasteiger partial charge in [-0.3, -0.25) is 14.5 Å². The maximum Gasteiger partial charge on any atom is 0.344 e. The molecule has 60 heavy (non-hydrogen) atoms. The van der Waals surface area contributed by atoms with Crippen molar-refractivity contribution in [2.24, 2.45) is 23.2 Å². The first kappa shape index (κ1) is 39.7. The molecule has 2 N–H and O–H groups in total. The van der Waals surface area contributed by atoms with Crippen molar-refractivity contribution in [1.29, 1.82) is 0 Å². The van der Waals surface area contributed by atoms with Gasteiger partial charge in [0, 0.05) is 90.9 Å². The number of esters is 3. The molecule has 11 atom stereocenters. The maximum absolute atomic E-state index is 15.5. The molecule has 2 saturated heterocycles. The normalized spacial score (nSPS) is 37.6. The van der Waals surface area contributed by atoms with E-state index in [1.807, 2.05) is 31.0 Å². The predicted molar refractivity (Wildman–Crippen MR) is 226 cm³/mol. The lowest BCUT2D eigenvalue weighted by atomic mass is 9.47. The molecule has 2 aliphatic carbocycles. The molecular weight excluding hydrogens is 761 g/mol. The van der Waals surface area contributed by atoms with Crippen molar-refractivity contribution in [3.05, 3.63) is 70.9 Å². The highest BCUT2D eigenvalue weighted by Crippen LogP contribution is 2.68. The number of aromatic amines is 1. The van der Waals surface area contributed by atoms with Gasteiger partial charge in [0.25, 0.3) is 0 Å². The highest BCUT2D eigenvalue weighted by atomic mass is 16.6. The van der Waals surface area contributed by atoms with Gasteiger partial charge in [-0.2, -0.15) is 0 Å². The van der Waals surface area contributed by atoms with Crippen molar-refractivity contribution in [1.82, 2.24) is 14.8 Å². The van der Waals surface area contributed by atoms with Crippen LogP contribution < -0.4 is 9.64 Å². The highest BCUT2D eigenvalue weighted by Gasteiger charge is 2.80. The fourth-order valence-electron chi connectivity index (χ4n) is 14.7. The number of anilines is 1. The Kier molecular flexibility index (Phi) is 9.32. The van der Waals surface area contributed by atoms with Crippen LogP contribution in [0.25, 0.3) is 10.9 Å². The average molecular weight is 821 g/mol. The van der Waals surface area contributed by atoms with E-state index in [1.54, 1.807) is 7.11 Å². The highest BCUT2D eigenvalue weighted by molar-refractivity contribution is 5.95. The van der Waals surface area contributed by atoms with Gasteiger partial charge < -0.3 is 38.8 Å². The molecule has 3 aromatic rings. The second kappa shape index (κ2) is 14.1. The summed E-state index contributed by atoms with van der Waals surface area (Å²) in [4.78, 5) is 53.9. The number of benzene rings is 2. The summed E-state index contributed by atoms with van der Waals surface area (Å²) in [5, 5.41) is 14.5. The lowest BCUT2D eigenvalue weighted by Crippen LogP contribution is -2.81. The van der Waals surface area contributed by atoms with E-state index >= 15 is 4.79 Å². The van der Waals surface area contributed by atoms with E-state index in [-0.39, 0.29) is 17.9 Å². The smallest absolute Gasteiger partial charge is 0.344 e. The standard InChI is InChI=1S/C48H60N4O8/c1-7-45-18-12-20-52-22-19-46(40(45)52)34-23-35(38(57-4)24-37(34)50(3)41(46)48(56,44(55)59-6)42(45)60-28(2)53)47(43(54)58-5)25-30-27-51(26-29-13-8-9-14-31(29)30)21-17-33-32-15-10-11-16-36(32)49-39(33)47/h10-12,15-16,18,23-24,29-31,40-42,49,56H,7-9,13-14,17,19-22,25-27H2,1-6H3/t29?,30-,31?,40-,41?,42+,45+,46+,47-,48+/m0/s1. The summed E-state index contributed by atoms with van der Waals surface area (Å²) in [6, 6.07) is 11.4. The van der Waals surface area contributed by atoms with E-state index in [9.17, 15) is 14.7 Å². The quantitative estimate of drug-likeness (QED) is 0.192. The van der Waals surface area contributed by atoms with Crippen LogP contribution in [0.3, 0.4) is 0 Å². The Morgan fingerprint density at radius 3 is 2.47 bits per heavy atom. The number of para-hydroxylation sites is 1. The number of carbonyl (C=O) groups is 3. The molecular formula is C48H60N4O8. The number of aliphatic hydroxyl groups is 1. The zero-order valence-corrected chi connectivity index (χ0v) is 35.9. The predicted octanol–water partition coefficient (Wildman–Crippen LogP) is 5.27. The second-order valence-electron chi connectivity index (χ2n) is 19.0. The number of carbonyl (C=O) groups excluding carboxylic acids is 3. The summed E-state index contributed by atoms with van der Waals surface area (Å²) in [6.07, 6.45) is 10.1. The number of methoxy groups -OCH3 is 3. The molecule has 6 heterocycles. The molecule has 2 aromatic carbocycles. The van der Waals surface area contributed by atoms with Gasteiger partial charge in [-0.15, -0.1) is 0 Å². The first-order valence-electron chi connectivity index (χ1n) is 22.2. The van der Waals surface area contributed by atoms with Gasteiger partial charge >= 0.3 is 17.9 Å². The SMILES string of the molecule is CC[C@]12C=CCN3CC[C@@]4(c5cc([C@@]6(C(=O)OC)C[C@H]7CN(CCc8c6[nH]c6ccccc86)CC6CCCCC67)c(OC)cc5N(C)C4[C@](O)(C(=O)OC)[C@@H]1OC(C)=O)[C@@H]32. The lowest BCUT2D eigenvalue weighted by Gasteiger charge is -2.63. The molecule has 12 heteroatoms. The molecule has 7 aliphatic rings. The van der Waals surface area contributed by atoms with E-state index in [0.717, 1.165) is 71.5 Å². The molecule has 4 fully saturated rings. The molecule has 12 nitrogen and oxygen atoms in total. The van der Waals surface area contributed by atoms with Crippen LogP contribution in [0.1, 0.15) is 81.2 Å². The van der Waals surface area contributed by atoms with Crippen molar-refractivity contribution >= 4 is 34.5 Å². The Hall–Kier alpha value is -4.39. The van der Waals surface area contributed by atoms with Crippen LogP contribution in [0.2, 0.25) is 0 Å². The molecule has 2 bridgehead atoms. The average Bonchev–Trinajstić information content (AvgIpc) is 3.92. The second-order valence-corrected chi connectivity index (χ2v) is 19.0. The van der Waals surface area contributed by atoms with Gasteiger partial charge in [-0.1, -0.05) is 50.1 Å². The first-order chi connectivity index (χ1) is 28.9.